The Labute approximate surface area is 70.2 Å². The van der Waals surface area contributed by atoms with Crippen LogP contribution in [0.2, 0.25) is 0 Å². The third kappa shape index (κ3) is 4.12. The predicted octanol–water partition coefficient (Wildman–Crippen LogP) is 0.240. The molecule has 0 spiro atoms. The van der Waals surface area contributed by atoms with Gasteiger partial charge in [-0.15, -0.1) is 6.42 Å². The van der Waals surface area contributed by atoms with Crippen molar-refractivity contribution in [2.45, 2.75) is 6.92 Å². The van der Waals surface area contributed by atoms with Gasteiger partial charge in [-0.25, -0.2) is 9.59 Å². The smallest absolute Gasteiger partial charge is 0.422 e. The molecule has 0 aliphatic heterocycles. The maximum absolute atomic E-state index is 10.6. The Morgan fingerprint density at radius 2 is 2.17 bits per heavy atom. The summed E-state index contributed by atoms with van der Waals surface area (Å²) in [5, 5.41) is 0. The fourth-order valence-corrected chi connectivity index (χ4v) is 0.344. The minimum Gasteiger partial charge on any atom is -0.444 e. The maximum atomic E-state index is 10.6. The molecule has 4 nitrogen and oxygen atoms in total. The number of hydrogen-bond donors (Lipinski definition) is 0. The monoisotopic (exact) mass is 168 g/mol. The molecular weight excluding hydrogens is 160 g/mol. The van der Waals surface area contributed by atoms with Gasteiger partial charge in [-0.3, -0.25) is 0 Å². The van der Waals surface area contributed by atoms with E-state index in [2.05, 4.69) is 9.47 Å². The molecule has 0 heterocycles. The number of esters is 2. The molecule has 0 bridgehead atoms. The van der Waals surface area contributed by atoms with Gasteiger partial charge in [0.1, 0.15) is 0 Å². The van der Waals surface area contributed by atoms with Crippen molar-refractivity contribution < 1.29 is 19.1 Å². The van der Waals surface area contributed by atoms with Gasteiger partial charge in [-0.05, 0) is 6.92 Å². The van der Waals surface area contributed by atoms with Crippen LogP contribution in [0.15, 0.2) is 12.3 Å². The minimum atomic E-state index is -1.09. The number of carbonyl (C=O) groups is 2. The topological polar surface area (TPSA) is 52.6 Å². The zero-order valence-electron chi connectivity index (χ0n) is 6.57. The highest BCUT2D eigenvalue weighted by Crippen LogP contribution is 1.85. The number of hydrogen-bond acceptors (Lipinski definition) is 4. The number of ether oxygens (including phenoxy) is 2. The van der Waals surface area contributed by atoms with Crippen LogP contribution in [0.5, 0.6) is 0 Å². The molecule has 0 N–H and O–H groups in total. The van der Waals surface area contributed by atoms with Crippen LogP contribution in [-0.2, 0) is 19.1 Å². The quantitative estimate of drug-likeness (QED) is 0.256. The highest BCUT2D eigenvalue weighted by Gasteiger charge is 2.15. The molecule has 0 saturated carbocycles. The van der Waals surface area contributed by atoms with Gasteiger partial charge < -0.3 is 9.47 Å². The van der Waals surface area contributed by atoms with E-state index in [0.29, 0.717) is 0 Å². The first-order valence-electron chi connectivity index (χ1n) is 3.14. The van der Waals surface area contributed by atoms with E-state index in [4.69, 9.17) is 6.42 Å². The Morgan fingerprint density at radius 1 is 1.50 bits per heavy atom. The van der Waals surface area contributed by atoms with Crippen LogP contribution >= 0.6 is 0 Å². The Morgan fingerprint density at radius 3 is 2.67 bits per heavy atom. The Kier molecular flexibility index (Phi) is 5.11. The lowest BCUT2D eigenvalue weighted by molar-refractivity contribution is -0.163. The van der Waals surface area contributed by atoms with E-state index in [0.717, 1.165) is 6.26 Å². The molecule has 0 aromatic rings. The lowest BCUT2D eigenvalue weighted by atomic mass is 10.6. The molecule has 0 fully saturated rings. The Bertz CT molecular complexity index is 234. The van der Waals surface area contributed by atoms with Crippen molar-refractivity contribution in [3.05, 3.63) is 12.3 Å². The first-order chi connectivity index (χ1) is 5.72. The first kappa shape index (κ1) is 10.2. The molecule has 0 aliphatic carbocycles. The summed E-state index contributed by atoms with van der Waals surface area (Å²) in [5.74, 6) is -0.131. The molecule has 4 heteroatoms. The van der Waals surface area contributed by atoms with Gasteiger partial charge in [0.05, 0.1) is 6.26 Å². The zero-order chi connectivity index (χ0) is 9.40. The van der Waals surface area contributed by atoms with Crippen LogP contribution in [0.3, 0.4) is 0 Å². The fourth-order valence-electron chi connectivity index (χ4n) is 0.344. The molecule has 0 saturated heterocycles. The van der Waals surface area contributed by atoms with Crippen LogP contribution in [0, 0.1) is 12.3 Å². The molecule has 0 radical (unpaired) electrons. The zero-order valence-corrected chi connectivity index (χ0v) is 6.57. The van der Waals surface area contributed by atoms with Crippen LogP contribution in [-0.4, -0.2) is 18.5 Å². The molecule has 0 atom stereocenters. The number of terminal acetylenes is 1. The first-order valence-corrected chi connectivity index (χ1v) is 3.14. The van der Waals surface area contributed by atoms with Crippen LogP contribution in [0.1, 0.15) is 6.92 Å². The molecule has 0 amide bonds. The van der Waals surface area contributed by atoms with Gasteiger partial charge in [-0.1, -0.05) is 12.0 Å². The summed E-state index contributed by atoms with van der Waals surface area (Å²) in [4.78, 5) is 21.2. The molecule has 64 valence electrons. The molecular formula is C8H8O4. The van der Waals surface area contributed by atoms with E-state index in [1.165, 1.54) is 6.08 Å². The van der Waals surface area contributed by atoms with Crippen molar-refractivity contribution in [2.75, 3.05) is 6.61 Å². The Hall–Kier alpha value is -1.76. The lowest BCUT2D eigenvalue weighted by Crippen LogP contribution is -2.18. The average molecular weight is 168 g/mol. The van der Waals surface area contributed by atoms with Crippen molar-refractivity contribution in [1.29, 1.82) is 0 Å². The molecule has 0 rings (SSSR count). The van der Waals surface area contributed by atoms with Crippen molar-refractivity contribution in [3.63, 3.8) is 0 Å². The molecule has 0 unspecified atom stereocenters. The van der Waals surface area contributed by atoms with Crippen molar-refractivity contribution in [3.8, 4) is 12.3 Å². The van der Waals surface area contributed by atoms with Gasteiger partial charge in [0.2, 0.25) is 0 Å². The number of rotatable bonds is 2. The fraction of sp³-hybridized carbons (Fsp3) is 0.250. The van der Waals surface area contributed by atoms with Gasteiger partial charge in [0.15, 0.2) is 6.61 Å². The van der Waals surface area contributed by atoms with E-state index in [1.54, 1.807) is 6.92 Å². The van der Waals surface area contributed by atoms with Gasteiger partial charge in [-0.2, -0.15) is 0 Å². The number of carbonyl (C=O) groups excluding carboxylic acids is 2. The van der Waals surface area contributed by atoms with E-state index in [-0.39, 0.29) is 6.61 Å². The maximum Gasteiger partial charge on any atom is 0.422 e. The third-order valence-electron chi connectivity index (χ3n) is 0.764. The highest BCUT2D eigenvalue weighted by molar-refractivity contribution is 6.29. The minimum absolute atomic E-state index is 0.232. The molecule has 0 aromatic carbocycles. The normalized spacial score (nSPS) is 9.00. The standard InChI is InChI=1S/C8H8O4/c1-3-5-11-7(9)8(10)12-6-4-2/h1,4,6H,5H2,2H3/b6-4+. The highest BCUT2D eigenvalue weighted by atomic mass is 16.6. The summed E-state index contributed by atoms with van der Waals surface area (Å²) in [6.45, 7) is 1.41. The summed E-state index contributed by atoms with van der Waals surface area (Å²) < 4.78 is 8.55. The van der Waals surface area contributed by atoms with E-state index in [9.17, 15) is 9.59 Å². The van der Waals surface area contributed by atoms with Crippen LogP contribution in [0.25, 0.3) is 0 Å². The van der Waals surface area contributed by atoms with Crippen molar-refractivity contribution in [2.24, 2.45) is 0 Å². The van der Waals surface area contributed by atoms with Gasteiger partial charge in [0, 0.05) is 0 Å². The third-order valence-corrected chi connectivity index (χ3v) is 0.764. The second kappa shape index (κ2) is 5.98. The van der Waals surface area contributed by atoms with E-state index in [1.807, 2.05) is 5.92 Å². The van der Waals surface area contributed by atoms with Crippen molar-refractivity contribution in [1.82, 2.24) is 0 Å². The number of allylic oxidation sites excluding steroid dienone is 1. The van der Waals surface area contributed by atoms with E-state index < -0.39 is 11.9 Å². The lowest BCUT2D eigenvalue weighted by Gasteiger charge is -1.97. The van der Waals surface area contributed by atoms with Gasteiger partial charge >= 0.3 is 11.9 Å². The van der Waals surface area contributed by atoms with Crippen LogP contribution in [0.4, 0.5) is 0 Å². The average Bonchev–Trinajstić information content (AvgIpc) is 2.10. The summed E-state index contributed by atoms with van der Waals surface area (Å²) >= 11 is 0. The second-order valence-corrected chi connectivity index (χ2v) is 1.65. The second-order valence-electron chi connectivity index (χ2n) is 1.65. The largest absolute Gasteiger partial charge is 0.444 e. The molecule has 0 aromatic heterocycles. The summed E-state index contributed by atoms with van der Waals surface area (Å²) in [6, 6.07) is 0. The summed E-state index contributed by atoms with van der Waals surface area (Å²) in [6.07, 6.45) is 7.33. The SMILES string of the molecule is C#CCOC(=O)C(=O)O/C=C/C. The summed E-state index contributed by atoms with van der Waals surface area (Å²) in [5.41, 5.74) is 0. The predicted molar refractivity (Wildman–Crippen MR) is 40.7 cm³/mol. The summed E-state index contributed by atoms with van der Waals surface area (Å²) in [7, 11) is 0. The van der Waals surface area contributed by atoms with Crippen molar-refractivity contribution >= 4 is 11.9 Å². The molecule has 0 aliphatic rings. The Balaban J connectivity index is 3.79. The van der Waals surface area contributed by atoms with Crippen LogP contribution < -0.4 is 0 Å². The van der Waals surface area contributed by atoms with E-state index >= 15 is 0 Å². The van der Waals surface area contributed by atoms with Gasteiger partial charge in [0.25, 0.3) is 0 Å². The molecule has 12 heavy (non-hydrogen) atoms.